The average Bonchev–Trinajstić information content (AvgIpc) is 4.18. The minimum absolute atomic E-state index is 0.0121. The Hall–Kier alpha value is -4.73. The molecule has 3 saturated heterocycles. The maximum atomic E-state index is 13.7. The summed E-state index contributed by atoms with van der Waals surface area (Å²) in [6.07, 6.45) is -13.9. The quantitative estimate of drug-likeness (QED) is 0.0256. The molecule has 0 aliphatic carbocycles. The van der Waals surface area contributed by atoms with Crippen molar-refractivity contribution in [3.05, 3.63) is 46.0 Å². The highest BCUT2D eigenvalue weighted by Crippen LogP contribution is 2.68. The lowest BCUT2D eigenvalue weighted by Gasteiger charge is -2.26. The van der Waals surface area contributed by atoms with E-state index in [1.54, 1.807) is 0 Å². The van der Waals surface area contributed by atoms with Gasteiger partial charge in [0.05, 0.1) is 39.5 Å². The summed E-state index contributed by atoms with van der Waals surface area (Å²) < 4.78 is 104. The summed E-state index contributed by atoms with van der Waals surface area (Å²) in [5.74, 6) is -0.623. The number of nitrogens with one attached hydrogen (secondary N) is 2. The van der Waals surface area contributed by atoms with E-state index in [2.05, 4.69) is 48.5 Å². The van der Waals surface area contributed by atoms with Crippen LogP contribution in [0.25, 0.3) is 33.5 Å². The lowest BCUT2D eigenvalue weighted by Crippen LogP contribution is -2.46. The van der Waals surface area contributed by atoms with Crippen molar-refractivity contribution in [3.8, 4) is 0 Å². The van der Waals surface area contributed by atoms with Gasteiger partial charge in [-0.2, -0.15) is 4.98 Å². The molecule has 3 fully saturated rings. The number of rotatable bonds is 20. The van der Waals surface area contributed by atoms with Gasteiger partial charge in [0.1, 0.15) is 66.8 Å². The molecular formula is C33H46N15O23P4S+. The minimum Gasteiger partial charge on any atom is -0.387 e. The molecule has 43 heteroatoms. The molecule has 9 rings (SSSR count). The van der Waals surface area contributed by atoms with Crippen LogP contribution in [0.5, 0.6) is 0 Å². The molecule has 15 N–H and O–H groups in total. The third-order valence-corrected chi connectivity index (χ3v) is 18.2. The maximum Gasteiger partial charge on any atom is 0.479 e. The zero-order chi connectivity index (χ0) is 55.0. The first-order valence-electron chi connectivity index (χ1n) is 21.5. The number of aryl methyl sites for hydroxylation is 1. The molecule has 0 aromatic carbocycles. The highest BCUT2D eigenvalue weighted by molar-refractivity contribution is 8.09. The molecule has 0 spiro atoms. The molecule has 0 bridgehead atoms. The van der Waals surface area contributed by atoms with Crippen molar-refractivity contribution in [1.82, 2.24) is 53.6 Å². The van der Waals surface area contributed by atoms with Crippen molar-refractivity contribution in [2.45, 2.75) is 73.6 Å². The number of aromatic nitrogens is 12. The normalized spacial score (nSPS) is 30.2. The second-order valence-electron chi connectivity index (χ2n) is 16.7. The second-order valence-corrected chi connectivity index (χ2v) is 24.1. The average molecular weight is 1180 g/mol. The van der Waals surface area contributed by atoms with Gasteiger partial charge < -0.3 is 75.8 Å². The Kier molecular flexibility index (Phi) is 15.6. The molecular weight excluding hydrogens is 1130 g/mol. The van der Waals surface area contributed by atoms with Crippen molar-refractivity contribution in [3.63, 3.8) is 0 Å². The number of anilines is 3. The summed E-state index contributed by atoms with van der Waals surface area (Å²) in [4.78, 5) is 96.9. The topological polar surface area (TPSA) is 534 Å². The summed E-state index contributed by atoms with van der Waals surface area (Å²) in [7, 11) is -12.9. The van der Waals surface area contributed by atoms with E-state index >= 15 is 0 Å². The lowest BCUT2D eigenvalue weighted by molar-refractivity contribution is -0.745. The lowest BCUT2D eigenvalue weighted by atomic mass is 10.1. The van der Waals surface area contributed by atoms with Gasteiger partial charge in [-0.1, -0.05) is 4.98 Å². The Morgan fingerprint density at radius 3 is 1.92 bits per heavy atom. The molecule has 0 radical (unpaired) electrons. The SMILES string of the molecule is COC1C(COP(=O)(O)OP(O)(=S)OP(=O)(O)OCC2OC(n3cnc4c(N)ncnc43)C(OC)C2OP(=O)(O)OCC2OC(n3cnc4c(=O)[nH]c(N)nc43)C(O)C2O)OC([n+]2cn(C)c3c(=O)[nH]c(N)nc32)C1O. The zero-order valence-electron chi connectivity index (χ0n) is 38.9. The number of hydrogen-bond donors (Lipinski definition) is 12. The molecule has 9 heterocycles. The number of nitrogen functional groups attached to an aromatic ring is 3. The summed E-state index contributed by atoms with van der Waals surface area (Å²) >= 11 is 4.75. The van der Waals surface area contributed by atoms with Gasteiger partial charge >= 0.3 is 35.8 Å². The summed E-state index contributed by atoms with van der Waals surface area (Å²) in [6.45, 7) is -8.38. The number of aliphatic hydroxyl groups is 3. The number of nitrogens with two attached hydrogens (primary N) is 3. The zero-order valence-corrected chi connectivity index (χ0v) is 43.3. The first-order valence-corrected chi connectivity index (χ1v) is 28.6. The van der Waals surface area contributed by atoms with Gasteiger partial charge in [0.2, 0.25) is 17.7 Å². The standard InChI is InChI=1S/C33H45N15O23P4S/c1-45-10-48(26-16(45)28(53)44-33(36)42-26)30-19(51)20(61-2)12(67-30)5-64-73(56,57)70-75(60,76)71-74(58,59)65-6-13-21(22(62-3)31(68-13)46-8-39-14-23(34)37-7-38-24(14)46)69-72(54,55)63-4-11-17(49)18(50)29(66-11)47-9-40-15-25(47)41-32(35)43-27(15)52/h7-13,17-22,29-31,49-51H,4-6H2,1-3H3,(H11-,34,35,36,37,38,41,42,43,44,52,53,54,55,56,57,58,59,60,76)/p+1. The number of H-pyrrole nitrogens is 2. The molecule has 3 aliphatic rings. The summed E-state index contributed by atoms with van der Waals surface area (Å²) in [5, 5.41) is 32.9. The number of aromatic amines is 2. The van der Waals surface area contributed by atoms with Gasteiger partial charge in [0.25, 0.3) is 17.1 Å². The summed E-state index contributed by atoms with van der Waals surface area (Å²) in [5.41, 5.74) is 15.8. The number of aliphatic hydroxyl groups excluding tert-OH is 3. The van der Waals surface area contributed by atoms with Crippen LogP contribution in [0.1, 0.15) is 18.7 Å². The van der Waals surface area contributed by atoms with Crippen LogP contribution in [0, 0.1) is 0 Å². The van der Waals surface area contributed by atoms with E-state index in [-0.39, 0.29) is 51.2 Å². The molecule has 0 saturated carbocycles. The third-order valence-electron chi connectivity index (χ3n) is 11.8. The summed E-state index contributed by atoms with van der Waals surface area (Å²) in [6, 6.07) is 0. The van der Waals surface area contributed by atoms with Gasteiger partial charge in [-0.05, 0) is 11.8 Å². The van der Waals surface area contributed by atoms with Gasteiger partial charge in [-0.15, -0.1) is 0 Å². The Bertz CT molecular complexity index is 3490. The van der Waals surface area contributed by atoms with E-state index in [4.69, 9.17) is 70.8 Å². The van der Waals surface area contributed by atoms with Crippen LogP contribution < -0.4 is 32.9 Å². The molecule has 6 aromatic rings. The second kappa shape index (κ2) is 21.1. The molecule has 76 heavy (non-hydrogen) atoms. The van der Waals surface area contributed by atoms with E-state index in [0.717, 1.165) is 24.3 Å². The van der Waals surface area contributed by atoms with Crippen LogP contribution in [-0.4, -0.2) is 177 Å². The predicted octanol–water partition coefficient (Wildman–Crippen LogP) is -3.94. The van der Waals surface area contributed by atoms with Crippen molar-refractivity contribution in [2.24, 2.45) is 7.05 Å². The largest absolute Gasteiger partial charge is 0.479 e. The van der Waals surface area contributed by atoms with Crippen molar-refractivity contribution in [1.29, 1.82) is 0 Å². The minimum atomic E-state index is -5.74. The Morgan fingerprint density at radius 2 is 1.26 bits per heavy atom. The van der Waals surface area contributed by atoms with Gasteiger partial charge in [-0.3, -0.25) is 51.4 Å². The van der Waals surface area contributed by atoms with E-state index < -0.39 is 135 Å². The Morgan fingerprint density at radius 1 is 0.697 bits per heavy atom. The monoisotopic (exact) mass is 1180 g/mol. The smallest absolute Gasteiger partial charge is 0.387 e. The van der Waals surface area contributed by atoms with Gasteiger partial charge in [-0.25, -0.2) is 46.8 Å². The number of hydrogen-bond acceptors (Lipinski definition) is 29. The van der Waals surface area contributed by atoms with Crippen LogP contribution in [0.15, 0.2) is 34.9 Å². The third kappa shape index (κ3) is 11.1. The molecule has 416 valence electrons. The first-order chi connectivity index (χ1) is 35.7. The van der Waals surface area contributed by atoms with Crippen molar-refractivity contribution in [2.75, 3.05) is 51.2 Å². The fourth-order valence-corrected chi connectivity index (χ4v) is 14.6. The molecule has 6 aromatic heterocycles. The molecule has 16 unspecified atom stereocenters. The van der Waals surface area contributed by atoms with E-state index in [1.165, 1.54) is 40.5 Å². The number of nitrogens with zero attached hydrogens (tertiary/aromatic N) is 10. The fraction of sp³-hybridized carbons (Fsp3) is 0.545. The predicted molar refractivity (Wildman–Crippen MR) is 250 cm³/mol. The van der Waals surface area contributed by atoms with E-state index in [0.29, 0.717) is 0 Å². The van der Waals surface area contributed by atoms with E-state index in [9.17, 15) is 58.2 Å². The number of ether oxygens (including phenoxy) is 5. The number of fused-ring (bicyclic) bond motifs is 3. The van der Waals surface area contributed by atoms with Crippen molar-refractivity contribution < 1.29 is 104 Å². The molecule has 38 nitrogen and oxygen atoms in total. The number of imidazole rings is 3. The Labute approximate surface area is 427 Å². The van der Waals surface area contributed by atoms with Crippen LogP contribution in [0.4, 0.5) is 17.7 Å². The van der Waals surface area contributed by atoms with Gasteiger partial charge in [0, 0.05) is 14.2 Å². The van der Waals surface area contributed by atoms with Crippen molar-refractivity contribution >= 4 is 93.2 Å². The highest BCUT2D eigenvalue weighted by atomic mass is 32.5. The number of methoxy groups -OCH3 is 2. The number of phosphoric ester groups is 3. The fourth-order valence-electron chi connectivity index (χ4n) is 8.57. The van der Waals surface area contributed by atoms with Crippen LogP contribution in [0.3, 0.4) is 0 Å². The number of phosphoric acid groups is 3. The van der Waals surface area contributed by atoms with Crippen LogP contribution >= 0.6 is 30.2 Å². The highest BCUT2D eigenvalue weighted by Gasteiger charge is 2.54. The van der Waals surface area contributed by atoms with Gasteiger partial charge in [0.15, 0.2) is 41.4 Å². The molecule has 0 amide bonds. The first kappa shape index (κ1) is 56.0. The van der Waals surface area contributed by atoms with E-state index in [1.807, 2.05) is 0 Å². The van der Waals surface area contributed by atoms with Crippen LogP contribution in [0.2, 0.25) is 0 Å². The van der Waals surface area contributed by atoms with Crippen LogP contribution in [-0.2, 0) is 83.0 Å². The molecule has 3 aliphatic heterocycles. The molecule has 16 atom stereocenters. The Balaban J connectivity index is 0.866. The maximum absolute atomic E-state index is 13.7.